The maximum atomic E-state index is 12.3. The van der Waals surface area contributed by atoms with Crippen LogP contribution < -0.4 is 10.1 Å². The molecule has 7 heteroatoms. The molecule has 1 heterocycles. The molecule has 1 atom stereocenters. The Morgan fingerprint density at radius 3 is 2.46 bits per heavy atom. The van der Waals surface area contributed by atoms with Crippen molar-refractivity contribution in [3.63, 3.8) is 0 Å². The first kappa shape index (κ1) is 26.4. The van der Waals surface area contributed by atoms with Crippen molar-refractivity contribution in [2.45, 2.75) is 52.1 Å². The number of hydrogen-bond acceptors (Lipinski definition) is 5. The van der Waals surface area contributed by atoms with Gasteiger partial charge in [0.25, 0.3) is 5.91 Å². The maximum absolute atomic E-state index is 12.3. The van der Waals surface area contributed by atoms with Crippen molar-refractivity contribution in [2.75, 3.05) is 13.2 Å². The molecule has 0 saturated heterocycles. The standard InChI is InChI=1S/C28H33NO5S/c1-6-28(7-2,21-10-11-23(18(5)12-21)34-16-22(30)17(3)4)25-14-19-8-9-20(13-24(19)35-25)27(33)29-15-26(31)32/h8-14,22,30H,3,6-7,15-16H2,1-2,4-5H3,(H,29,33)(H,31,32). The van der Waals surface area contributed by atoms with Crippen molar-refractivity contribution < 1.29 is 24.5 Å². The molecule has 3 rings (SSSR count). The second kappa shape index (κ2) is 11.1. The average molecular weight is 496 g/mol. The van der Waals surface area contributed by atoms with E-state index in [9.17, 15) is 14.7 Å². The number of fused-ring (bicyclic) bond motifs is 1. The van der Waals surface area contributed by atoms with Gasteiger partial charge in [0, 0.05) is 20.6 Å². The number of aliphatic carboxylic acids is 1. The summed E-state index contributed by atoms with van der Waals surface area (Å²) in [6, 6.07) is 13.9. The zero-order valence-corrected chi connectivity index (χ0v) is 21.5. The number of carboxylic acid groups (broad SMARTS) is 1. The Labute approximate surface area is 210 Å². The molecule has 0 saturated carbocycles. The summed E-state index contributed by atoms with van der Waals surface area (Å²) in [5, 5.41) is 22.3. The normalized spacial score (nSPS) is 12.4. The fraction of sp³-hybridized carbons (Fsp3) is 0.357. The number of hydrogen-bond donors (Lipinski definition) is 3. The van der Waals surface area contributed by atoms with Gasteiger partial charge in [-0.1, -0.05) is 38.6 Å². The van der Waals surface area contributed by atoms with E-state index in [0.29, 0.717) is 11.1 Å². The van der Waals surface area contributed by atoms with Gasteiger partial charge < -0.3 is 20.3 Å². The summed E-state index contributed by atoms with van der Waals surface area (Å²) in [6.07, 6.45) is 1.10. The van der Waals surface area contributed by atoms with Gasteiger partial charge in [0.2, 0.25) is 0 Å². The number of thiophene rings is 1. The Morgan fingerprint density at radius 1 is 1.14 bits per heavy atom. The molecular weight excluding hydrogens is 462 g/mol. The Bertz CT molecular complexity index is 1240. The molecule has 3 N–H and O–H groups in total. The summed E-state index contributed by atoms with van der Waals surface area (Å²) in [5.41, 5.74) is 3.11. The second-order valence-corrected chi connectivity index (χ2v) is 9.97. The van der Waals surface area contributed by atoms with Crippen LogP contribution in [0.15, 0.2) is 54.6 Å². The van der Waals surface area contributed by atoms with Crippen molar-refractivity contribution in [1.29, 1.82) is 0 Å². The van der Waals surface area contributed by atoms with E-state index in [1.165, 1.54) is 10.4 Å². The molecule has 0 radical (unpaired) electrons. The number of benzene rings is 2. The number of carbonyl (C=O) groups excluding carboxylic acids is 1. The fourth-order valence-electron chi connectivity index (χ4n) is 4.24. The first-order chi connectivity index (χ1) is 16.6. The molecule has 0 aliphatic heterocycles. The van der Waals surface area contributed by atoms with E-state index in [-0.39, 0.29) is 12.0 Å². The molecule has 1 aromatic heterocycles. The summed E-state index contributed by atoms with van der Waals surface area (Å²) < 4.78 is 6.82. The van der Waals surface area contributed by atoms with Crippen LogP contribution in [0, 0.1) is 6.92 Å². The number of rotatable bonds is 11. The van der Waals surface area contributed by atoms with Crippen LogP contribution in [0.1, 0.15) is 60.0 Å². The highest BCUT2D eigenvalue weighted by molar-refractivity contribution is 7.19. The van der Waals surface area contributed by atoms with E-state index in [0.717, 1.165) is 34.2 Å². The topological polar surface area (TPSA) is 95.9 Å². The zero-order chi connectivity index (χ0) is 25.8. The van der Waals surface area contributed by atoms with Crippen molar-refractivity contribution in [2.24, 2.45) is 0 Å². The molecule has 186 valence electrons. The lowest BCUT2D eigenvalue weighted by atomic mass is 9.74. The van der Waals surface area contributed by atoms with Crippen LogP contribution in [-0.4, -0.2) is 41.3 Å². The Morgan fingerprint density at radius 2 is 1.86 bits per heavy atom. The van der Waals surface area contributed by atoms with E-state index in [4.69, 9.17) is 9.84 Å². The van der Waals surface area contributed by atoms with E-state index in [1.807, 2.05) is 25.1 Å². The van der Waals surface area contributed by atoms with Gasteiger partial charge in [-0.15, -0.1) is 11.3 Å². The number of carbonyl (C=O) groups is 2. The lowest BCUT2D eigenvalue weighted by Gasteiger charge is -2.32. The third kappa shape index (κ3) is 5.74. The lowest BCUT2D eigenvalue weighted by Crippen LogP contribution is -2.29. The summed E-state index contributed by atoms with van der Waals surface area (Å²) >= 11 is 1.66. The molecule has 0 aliphatic carbocycles. The van der Waals surface area contributed by atoms with Crippen molar-refractivity contribution in [3.8, 4) is 5.75 Å². The molecule has 2 aromatic carbocycles. The van der Waals surface area contributed by atoms with Crippen LogP contribution >= 0.6 is 11.3 Å². The highest BCUT2D eigenvalue weighted by Gasteiger charge is 2.33. The van der Waals surface area contributed by atoms with Crippen molar-refractivity contribution in [3.05, 3.63) is 76.2 Å². The van der Waals surface area contributed by atoms with Gasteiger partial charge in [-0.3, -0.25) is 9.59 Å². The van der Waals surface area contributed by atoms with E-state index < -0.39 is 24.5 Å². The molecule has 35 heavy (non-hydrogen) atoms. The number of aliphatic hydroxyl groups excluding tert-OH is 1. The minimum atomic E-state index is -1.08. The van der Waals surface area contributed by atoms with Gasteiger partial charge in [0.05, 0.1) is 0 Å². The summed E-state index contributed by atoms with van der Waals surface area (Å²) in [5.74, 6) is -0.736. The predicted octanol–water partition coefficient (Wildman–Crippen LogP) is 5.45. The number of ether oxygens (including phenoxy) is 1. The first-order valence-electron chi connectivity index (χ1n) is 11.7. The fourth-order valence-corrected chi connectivity index (χ4v) is 5.69. The van der Waals surface area contributed by atoms with Crippen LogP contribution in [-0.2, 0) is 10.2 Å². The Kier molecular flexibility index (Phi) is 8.35. The van der Waals surface area contributed by atoms with Gasteiger partial charge in [-0.25, -0.2) is 0 Å². The Hall–Kier alpha value is -3.16. The molecule has 0 fully saturated rings. The summed E-state index contributed by atoms with van der Waals surface area (Å²) in [6.45, 7) is 11.7. The highest BCUT2D eigenvalue weighted by Crippen LogP contribution is 2.45. The zero-order valence-electron chi connectivity index (χ0n) is 20.7. The number of nitrogens with one attached hydrogen (secondary N) is 1. The van der Waals surface area contributed by atoms with Gasteiger partial charge in [0.1, 0.15) is 25.0 Å². The molecular formula is C28H33NO5S. The smallest absolute Gasteiger partial charge is 0.322 e. The van der Waals surface area contributed by atoms with Gasteiger partial charge in [-0.2, -0.15) is 0 Å². The van der Waals surface area contributed by atoms with Gasteiger partial charge in [0.15, 0.2) is 0 Å². The summed E-state index contributed by atoms with van der Waals surface area (Å²) in [7, 11) is 0. The van der Waals surface area contributed by atoms with E-state index in [2.05, 4.69) is 43.9 Å². The quantitative estimate of drug-likeness (QED) is 0.308. The number of amides is 1. The number of carboxylic acids is 1. The second-order valence-electron chi connectivity index (χ2n) is 8.88. The number of aliphatic hydroxyl groups is 1. The summed E-state index contributed by atoms with van der Waals surface area (Å²) in [4.78, 5) is 24.3. The van der Waals surface area contributed by atoms with Crippen LogP contribution in [0.25, 0.3) is 10.1 Å². The molecule has 0 spiro atoms. The Balaban J connectivity index is 1.93. The molecule has 3 aromatic rings. The van der Waals surface area contributed by atoms with Crippen LogP contribution in [0.5, 0.6) is 5.75 Å². The predicted molar refractivity (Wildman–Crippen MR) is 141 cm³/mol. The van der Waals surface area contributed by atoms with Gasteiger partial charge >= 0.3 is 5.97 Å². The third-order valence-electron chi connectivity index (χ3n) is 6.55. The minimum Gasteiger partial charge on any atom is -0.490 e. The molecule has 0 aliphatic rings. The van der Waals surface area contributed by atoms with Gasteiger partial charge in [-0.05, 0) is 73.0 Å². The third-order valence-corrected chi connectivity index (χ3v) is 7.86. The first-order valence-corrected chi connectivity index (χ1v) is 12.5. The van der Waals surface area contributed by atoms with Crippen LogP contribution in [0.2, 0.25) is 0 Å². The minimum absolute atomic E-state index is 0.168. The molecule has 1 amide bonds. The monoisotopic (exact) mass is 495 g/mol. The van der Waals surface area contributed by atoms with E-state index in [1.54, 1.807) is 24.3 Å². The number of aryl methyl sites for hydroxylation is 1. The van der Waals surface area contributed by atoms with Crippen LogP contribution in [0.3, 0.4) is 0 Å². The van der Waals surface area contributed by atoms with Crippen LogP contribution in [0.4, 0.5) is 0 Å². The highest BCUT2D eigenvalue weighted by atomic mass is 32.1. The van der Waals surface area contributed by atoms with E-state index >= 15 is 0 Å². The van der Waals surface area contributed by atoms with Crippen molar-refractivity contribution >= 4 is 33.3 Å². The average Bonchev–Trinajstić information content (AvgIpc) is 3.26. The molecule has 6 nitrogen and oxygen atoms in total. The maximum Gasteiger partial charge on any atom is 0.322 e. The molecule has 0 bridgehead atoms. The van der Waals surface area contributed by atoms with Crippen molar-refractivity contribution in [1.82, 2.24) is 5.32 Å². The SMILES string of the molecule is C=C(C)C(O)COc1ccc(C(CC)(CC)c2cc3ccc(C(=O)NCC(=O)O)cc3s2)cc1C. The lowest BCUT2D eigenvalue weighted by molar-refractivity contribution is -0.135. The molecule has 1 unspecified atom stereocenters. The largest absolute Gasteiger partial charge is 0.490 e.